The van der Waals surface area contributed by atoms with Gasteiger partial charge in [-0.3, -0.25) is 4.79 Å². The van der Waals surface area contributed by atoms with Crippen LogP contribution in [0.4, 0.5) is 0 Å². The van der Waals surface area contributed by atoms with E-state index in [0.717, 1.165) is 24.5 Å². The molecule has 0 spiro atoms. The number of ether oxygens (including phenoxy) is 1. The van der Waals surface area contributed by atoms with Gasteiger partial charge in [-0.15, -0.1) is 0 Å². The predicted molar refractivity (Wildman–Crippen MR) is 87.5 cm³/mol. The molecule has 1 N–H and O–H groups in total. The molecule has 0 aliphatic carbocycles. The third-order valence-electron chi connectivity index (χ3n) is 3.39. The molecule has 0 saturated carbocycles. The molecule has 0 radical (unpaired) electrons. The van der Waals surface area contributed by atoms with Gasteiger partial charge in [-0.2, -0.15) is 0 Å². The third kappa shape index (κ3) is 9.11. The second kappa shape index (κ2) is 10.3. The highest BCUT2D eigenvalue weighted by Gasteiger charge is 2.07. The fourth-order valence-corrected chi connectivity index (χ4v) is 2.19. The number of hydrogen-bond donors (Lipinski definition) is 1. The lowest BCUT2D eigenvalue weighted by Crippen LogP contribution is -2.32. The molecule has 0 bridgehead atoms. The Morgan fingerprint density at radius 2 is 1.81 bits per heavy atom. The van der Waals surface area contributed by atoms with Crippen LogP contribution in [0.25, 0.3) is 0 Å². The van der Waals surface area contributed by atoms with Gasteiger partial charge < -0.3 is 10.1 Å². The van der Waals surface area contributed by atoms with Crippen molar-refractivity contribution in [3.05, 3.63) is 30.3 Å². The standard InChI is InChI=1S/C18H29NO2/c1-15(2)9-7-10-16(3)19-18(20)13-8-14-21-17-11-5-4-6-12-17/h4-6,11-12,15-16H,7-10,13-14H2,1-3H3,(H,19,20)/t16-/m1/s1. The lowest BCUT2D eigenvalue weighted by molar-refractivity contribution is -0.121. The molecule has 1 aromatic carbocycles. The van der Waals surface area contributed by atoms with Crippen LogP contribution in [0, 0.1) is 5.92 Å². The van der Waals surface area contributed by atoms with E-state index in [2.05, 4.69) is 26.1 Å². The van der Waals surface area contributed by atoms with Crippen molar-refractivity contribution < 1.29 is 9.53 Å². The van der Waals surface area contributed by atoms with E-state index in [-0.39, 0.29) is 11.9 Å². The predicted octanol–water partition coefficient (Wildman–Crippen LogP) is 4.18. The maximum absolute atomic E-state index is 11.8. The Hall–Kier alpha value is -1.51. The minimum Gasteiger partial charge on any atom is -0.494 e. The number of nitrogens with one attached hydrogen (secondary N) is 1. The van der Waals surface area contributed by atoms with Crippen LogP contribution in [0.2, 0.25) is 0 Å². The van der Waals surface area contributed by atoms with Gasteiger partial charge in [0.05, 0.1) is 6.61 Å². The molecule has 1 aromatic rings. The normalized spacial score (nSPS) is 12.2. The third-order valence-corrected chi connectivity index (χ3v) is 3.39. The average Bonchev–Trinajstić information content (AvgIpc) is 2.44. The van der Waals surface area contributed by atoms with Crippen LogP contribution in [-0.2, 0) is 4.79 Å². The zero-order valence-electron chi connectivity index (χ0n) is 13.6. The summed E-state index contributed by atoms with van der Waals surface area (Å²) in [5.74, 6) is 1.73. The van der Waals surface area contributed by atoms with E-state index in [1.165, 1.54) is 12.8 Å². The molecule has 3 heteroatoms. The van der Waals surface area contributed by atoms with Crippen molar-refractivity contribution in [1.29, 1.82) is 0 Å². The van der Waals surface area contributed by atoms with Crippen LogP contribution < -0.4 is 10.1 Å². The highest BCUT2D eigenvalue weighted by atomic mass is 16.5. The molecule has 0 aromatic heterocycles. The number of para-hydroxylation sites is 1. The van der Waals surface area contributed by atoms with Crippen molar-refractivity contribution in [3.63, 3.8) is 0 Å². The number of carbonyl (C=O) groups excluding carboxylic acids is 1. The summed E-state index contributed by atoms with van der Waals surface area (Å²) in [7, 11) is 0. The molecule has 0 aliphatic rings. The first-order valence-electron chi connectivity index (χ1n) is 8.05. The van der Waals surface area contributed by atoms with Gasteiger partial charge in [0.25, 0.3) is 0 Å². The fraction of sp³-hybridized carbons (Fsp3) is 0.611. The molecule has 0 saturated heterocycles. The summed E-state index contributed by atoms with van der Waals surface area (Å²) < 4.78 is 5.57. The molecular formula is C18H29NO2. The number of benzene rings is 1. The summed E-state index contributed by atoms with van der Waals surface area (Å²) in [6.45, 7) is 7.13. The van der Waals surface area contributed by atoms with E-state index in [0.29, 0.717) is 13.0 Å². The smallest absolute Gasteiger partial charge is 0.220 e. The van der Waals surface area contributed by atoms with Gasteiger partial charge in [0.1, 0.15) is 5.75 Å². The molecule has 1 atom stereocenters. The highest BCUT2D eigenvalue weighted by molar-refractivity contribution is 5.76. The monoisotopic (exact) mass is 291 g/mol. The van der Waals surface area contributed by atoms with Crippen molar-refractivity contribution in [2.45, 2.75) is 58.9 Å². The van der Waals surface area contributed by atoms with Crippen molar-refractivity contribution in [1.82, 2.24) is 5.32 Å². The van der Waals surface area contributed by atoms with Crippen molar-refractivity contribution in [2.75, 3.05) is 6.61 Å². The van der Waals surface area contributed by atoms with E-state index in [1.54, 1.807) is 0 Å². The molecule has 0 unspecified atom stereocenters. The van der Waals surface area contributed by atoms with Crippen LogP contribution in [-0.4, -0.2) is 18.6 Å². The van der Waals surface area contributed by atoms with Crippen LogP contribution >= 0.6 is 0 Å². The van der Waals surface area contributed by atoms with E-state index < -0.39 is 0 Å². The van der Waals surface area contributed by atoms with Gasteiger partial charge in [-0.25, -0.2) is 0 Å². The molecule has 21 heavy (non-hydrogen) atoms. The Kier molecular flexibility index (Phi) is 8.56. The van der Waals surface area contributed by atoms with Gasteiger partial charge >= 0.3 is 0 Å². The zero-order chi connectivity index (χ0) is 15.5. The average molecular weight is 291 g/mol. The SMILES string of the molecule is CC(C)CCC[C@@H](C)NC(=O)CCCOc1ccccc1. The minimum atomic E-state index is 0.128. The van der Waals surface area contributed by atoms with Crippen LogP contribution in [0.15, 0.2) is 30.3 Å². The molecule has 0 heterocycles. The number of carbonyl (C=O) groups is 1. The fourth-order valence-electron chi connectivity index (χ4n) is 2.19. The first-order chi connectivity index (χ1) is 10.1. The van der Waals surface area contributed by atoms with E-state index >= 15 is 0 Å². The van der Waals surface area contributed by atoms with Crippen LogP contribution in [0.5, 0.6) is 5.75 Å². The summed E-state index contributed by atoms with van der Waals surface area (Å²) in [5.41, 5.74) is 0. The summed E-state index contributed by atoms with van der Waals surface area (Å²) in [6, 6.07) is 9.97. The summed E-state index contributed by atoms with van der Waals surface area (Å²) in [5, 5.41) is 3.06. The van der Waals surface area contributed by atoms with Gasteiger partial charge in [0, 0.05) is 12.5 Å². The largest absolute Gasteiger partial charge is 0.494 e. The van der Waals surface area contributed by atoms with Crippen LogP contribution in [0.3, 0.4) is 0 Å². The summed E-state index contributed by atoms with van der Waals surface area (Å²) in [4.78, 5) is 11.8. The lowest BCUT2D eigenvalue weighted by Gasteiger charge is -2.14. The molecule has 1 rings (SSSR count). The molecule has 118 valence electrons. The Morgan fingerprint density at radius 1 is 1.10 bits per heavy atom. The van der Waals surface area contributed by atoms with Gasteiger partial charge in [-0.1, -0.05) is 44.9 Å². The van der Waals surface area contributed by atoms with E-state index in [1.807, 2.05) is 30.3 Å². The molecule has 1 amide bonds. The quantitative estimate of drug-likeness (QED) is 0.657. The Bertz CT molecular complexity index is 389. The van der Waals surface area contributed by atoms with Gasteiger partial charge in [0.15, 0.2) is 0 Å². The second-order valence-corrected chi connectivity index (χ2v) is 6.06. The summed E-state index contributed by atoms with van der Waals surface area (Å²) >= 11 is 0. The topological polar surface area (TPSA) is 38.3 Å². The Morgan fingerprint density at radius 3 is 2.48 bits per heavy atom. The van der Waals surface area contributed by atoms with Crippen molar-refractivity contribution >= 4 is 5.91 Å². The van der Waals surface area contributed by atoms with Crippen LogP contribution in [0.1, 0.15) is 52.9 Å². The first kappa shape index (κ1) is 17.5. The van der Waals surface area contributed by atoms with Gasteiger partial charge in [-0.05, 0) is 37.8 Å². The molecule has 3 nitrogen and oxygen atoms in total. The van der Waals surface area contributed by atoms with E-state index in [9.17, 15) is 4.79 Å². The Balaban J connectivity index is 2.05. The van der Waals surface area contributed by atoms with Gasteiger partial charge in [0.2, 0.25) is 5.91 Å². The highest BCUT2D eigenvalue weighted by Crippen LogP contribution is 2.10. The first-order valence-corrected chi connectivity index (χ1v) is 8.05. The Labute approximate surface area is 129 Å². The van der Waals surface area contributed by atoms with Crippen molar-refractivity contribution in [3.8, 4) is 5.75 Å². The second-order valence-electron chi connectivity index (χ2n) is 6.06. The van der Waals surface area contributed by atoms with E-state index in [4.69, 9.17) is 4.74 Å². The lowest BCUT2D eigenvalue weighted by atomic mass is 10.0. The summed E-state index contributed by atoms with van der Waals surface area (Å²) in [6.07, 6.45) is 4.74. The maximum Gasteiger partial charge on any atom is 0.220 e. The minimum absolute atomic E-state index is 0.128. The van der Waals surface area contributed by atoms with Crippen molar-refractivity contribution in [2.24, 2.45) is 5.92 Å². The molecular weight excluding hydrogens is 262 g/mol. The molecule has 0 fully saturated rings. The number of amides is 1. The maximum atomic E-state index is 11.8. The molecule has 0 aliphatic heterocycles. The number of rotatable bonds is 10. The number of hydrogen-bond acceptors (Lipinski definition) is 2. The zero-order valence-corrected chi connectivity index (χ0v) is 13.6.